The SMILES string of the molecule is CSCC[C@H](N)C(=O)Nc1ccc(C)c(OCC2CCOCC2)c1.Cl. The molecule has 2 rings (SSSR count). The predicted molar refractivity (Wildman–Crippen MR) is 107 cm³/mol. The van der Waals surface area contributed by atoms with Gasteiger partial charge < -0.3 is 20.5 Å². The first-order chi connectivity index (χ1) is 11.6. The van der Waals surface area contributed by atoms with Crippen LogP contribution < -0.4 is 15.8 Å². The van der Waals surface area contributed by atoms with Crippen LogP contribution in [-0.4, -0.2) is 43.8 Å². The Labute approximate surface area is 160 Å². The number of nitrogens with one attached hydrogen (secondary N) is 1. The zero-order valence-electron chi connectivity index (χ0n) is 15.0. The van der Waals surface area contributed by atoms with Gasteiger partial charge in [-0.05, 0) is 55.7 Å². The van der Waals surface area contributed by atoms with E-state index < -0.39 is 6.04 Å². The summed E-state index contributed by atoms with van der Waals surface area (Å²) in [6.07, 6.45) is 4.76. The lowest BCUT2D eigenvalue weighted by atomic mass is 10.0. The number of ether oxygens (including phenoxy) is 2. The van der Waals surface area contributed by atoms with E-state index in [9.17, 15) is 4.79 Å². The Kier molecular flexibility index (Phi) is 10.3. The van der Waals surface area contributed by atoms with Crippen LogP contribution in [0.5, 0.6) is 5.75 Å². The summed E-state index contributed by atoms with van der Waals surface area (Å²) in [5.41, 5.74) is 7.70. The Bertz CT molecular complexity index is 539. The maximum absolute atomic E-state index is 12.1. The van der Waals surface area contributed by atoms with Crippen LogP contribution in [0.15, 0.2) is 18.2 Å². The Morgan fingerprint density at radius 3 is 2.84 bits per heavy atom. The van der Waals surface area contributed by atoms with Crippen molar-refractivity contribution < 1.29 is 14.3 Å². The number of carbonyl (C=O) groups is 1. The Balaban J connectivity index is 0.00000312. The van der Waals surface area contributed by atoms with E-state index in [4.69, 9.17) is 15.2 Å². The molecule has 142 valence electrons. The summed E-state index contributed by atoms with van der Waals surface area (Å²) in [6, 6.07) is 5.25. The van der Waals surface area contributed by atoms with E-state index in [1.807, 2.05) is 31.4 Å². The molecule has 0 aliphatic carbocycles. The fourth-order valence-electron chi connectivity index (χ4n) is 2.56. The monoisotopic (exact) mass is 388 g/mol. The van der Waals surface area contributed by atoms with Crippen molar-refractivity contribution >= 4 is 35.8 Å². The largest absolute Gasteiger partial charge is 0.493 e. The molecule has 1 fully saturated rings. The second-order valence-corrected chi connectivity index (χ2v) is 7.21. The number of carbonyl (C=O) groups excluding carboxylic acids is 1. The summed E-state index contributed by atoms with van der Waals surface area (Å²) in [6.45, 7) is 4.33. The van der Waals surface area contributed by atoms with E-state index in [0.717, 1.165) is 48.8 Å². The van der Waals surface area contributed by atoms with Gasteiger partial charge in [0.05, 0.1) is 12.6 Å². The van der Waals surface area contributed by atoms with Crippen LogP contribution in [0.2, 0.25) is 0 Å². The molecule has 1 aromatic carbocycles. The molecule has 7 heteroatoms. The van der Waals surface area contributed by atoms with E-state index >= 15 is 0 Å². The minimum Gasteiger partial charge on any atom is -0.493 e. The predicted octanol–water partition coefficient (Wildman–Crippen LogP) is 3.24. The van der Waals surface area contributed by atoms with Gasteiger partial charge in [-0.2, -0.15) is 11.8 Å². The maximum atomic E-state index is 12.1. The standard InChI is InChI=1S/C18H28N2O3S.ClH/c1-13-3-4-15(20-18(21)16(19)7-10-24-2)11-17(13)23-12-14-5-8-22-9-6-14;/h3-4,11,14,16H,5-10,12,19H2,1-2H3,(H,20,21);1H/t16-;/m0./s1. The molecule has 25 heavy (non-hydrogen) atoms. The third kappa shape index (κ3) is 7.44. The highest BCUT2D eigenvalue weighted by Gasteiger charge is 2.16. The zero-order valence-corrected chi connectivity index (χ0v) is 16.6. The molecule has 0 unspecified atom stereocenters. The fraction of sp³-hybridized carbons (Fsp3) is 0.611. The van der Waals surface area contributed by atoms with Crippen LogP contribution in [0.3, 0.4) is 0 Å². The Morgan fingerprint density at radius 1 is 1.44 bits per heavy atom. The van der Waals surface area contributed by atoms with Crippen molar-refractivity contribution in [3.63, 3.8) is 0 Å². The van der Waals surface area contributed by atoms with Gasteiger partial charge in [0.2, 0.25) is 5.91 Å². The van der Waals surface area contributed by atoms with Crippen LogP contribution in [0.4, 0.5) is 5.69 Å². The third-order valence-electron chi connectivity index (χ3n) is 4.24. The smallest absolute Gasteiger partial charge is 0.241 e. The highest BCUT2D eigenvalue weighted by Crippen LogP contribution is 2.25. The van der Waals surface area contributed by atoms with Gasteiger partial charge in [-0.25, -0.2) is 0 Å². The molecule has 5 nitrogen and oxygen atoms in total. The Hall–Kier alpha value is -0.950. The van der Waals surface area contributed by atoms with E-state index in [2.05, 4.69) is 5.32 Å². The minimum absolute atomic E-state index is 0. The quantitative estimate of drug-likeness (QED) is 0.715. The van der Waals surface area contributed by atoms with Crippen molar-refractivity contribution in [2.75, 3.05) is 37.1 Å². The van der Waals surface area contributed by atoms with Gasteiger partial charge in [-0.15, -0.1) is 12.4 Å². The van der Waals surface area contributed by atoms with Crippen LogP contribution in [-0.2, 0) is 9.53 Å². The van der Waals surface area contributed by atoms with E-state index in [1.54, 1.807) is 11.8 Å². The number of anilines is 1. The fourth-order valence-corrected chi connectivity index (χ4v) is 3.05. The summed E-state index contributed by atoms with van der Waals surface area (Å²) in [4.78, 5) is 12.1. The number of amides is 1. The van der Waals surface area contributed by atoms with E-state index in [-0.39, 0.29) is 18.3 Å². The molecule has 1 amide bonds. The number of hydrogen-bond acceptors (Lipinski definition) is 5. The highest BCUT2D eigenvalue weighted by molar-refractivity contribution is 7.98. The van der Waals surface area contributed by atoms with Gasteiger partial charge in [0.15, 0.2) is 0 Å². The lowest BCUT2D eigenvalue weighted by molar-refractivity contribution is -0.117. The van der Waals surface area contributed by atoms with E-state index in [1.165, 1.54) is 0 Å². The molecule has 1 aromatic rings. The highest BCUT2D eigenvalue weighted by atomic mass is 35.5. The molecule has 0 aromatic heterocycles. The summed E-state index contributed by atoms with van der Waals surface area (Å²) in [5, 5.41) is 2.88. The zero-order chi connectivity index (χ0) is 17.4. The van der Waals surface area contributed by atoms with Crippen molar-refractivity contribution in [1.29, 1.82) is 0 Å². The molecule has 1 aliphatic rings. The number of thioether (sulfide) groups is 1. The molecule has 0 spiro atoms. The van der Waals surface area contributed by atoms with Crippen molar-refractivity contribution in [2.24, 2.45) is 11.7 Å². The molecule has 1 heterocycles. The number of nitrogens with two attached hydrogens (primary N) is 1. The van der Waals surface area contributed by atoms with Crippen molar-refractivity contribution in [3.8, 4) is 5.75 Å². The number of hydrogen-bond donors (Lipinski definition) is 2. The van der Waals surface area contributed by atoms with Gasteiger partial charge in [-0.1, -0.05) is 6.07 Å². The summed E-state index contributed by atoms with van der Waals surface area (Å²) >= 11 is 1.69. The van der Waals surface area contributed by atoms with Gasteiger partial charge >= 0.3 is 0 Å². The van der Waals surface area contributed by atoms with E-state index in [0.29, 0.717) is 18.9 Å². The van der Waals surface area contributed by atoms with Crippen molar-refractivity contribution in [3.05, 3.63) is 23.8 Å². The van der Waals surface area contributed by atoms with Crippen LogP contribution in [0, 0.1) is 12.8 Å². The lowest BCUT2D eigenvalue weighted by Gasteiger charge is -2.22. The number of aryl methyl sites for hydroxylation is 1. The molecule has 1 saturated heterocycles. The maximum Gasteiger partial charge on any atom is 0.241 e. The van der Waals surface area contributed by atoms with Gasteiger partial charge in [0.25, 0.3) is 0 Å². The summed E-state index contributed by atoms with van der Waals surface area (Å²) in [7, 11) is 0. The van der Waals surface area contributed by atoms with Crippen LogP contribution in [0.25, 0.3) is 0 Å². The van der Waals surface area contributed by atoms with Crippen molar-refractivity contribution in [2.45, 2.75) is 32.2 Å². The van der Waals surface area contributed by atoms with Gasteiger partial charge in [-0.3, -0.25) is 4.79 Å². The first kappa shape index (κ1) is 22.1. The number of benzene rings is 1. The second kappa shape index (κ2) is 11.6. The normalized spacial score (nSPS) is 16.0. The molecule has 0 saturated carbocycles. The number of halogens is 1. The third-order valence-corrected chi connectivity index (χ3v) is 4.88. The average molecular weight is 389 g/mol. The molecule has 1 aliphatic heterocycles. The topological polar surface area (TPSA) is 73.6 Å². The van der Waals surface area contributed by atoms with Crippen LogP contribution >= 0.6 is 24.2 Å². The first-order valence-corrected chi connectivity index (χ1v) is 9.86. The summed E-state index contributed by atoms with van der Waals surface area (Å²) in [5.74, 6) is 2.08. The van der Waals surface area contributed by atoms with Crippen LogP contribution in [0.1, 0.15) is 24.8 Å². The lowest BCUT2D eigenvalue weighted by Crippen LogP contribution is -2.36. The van der Waals surface area contributed by atoms with Crippen molar-refractivity contribution in [1.82, 2.24) is 0 Å². The van der Waals surface area contributed by atoms with Gasteiger partial charge in [0, 0.05) is 25.0 Å². The minimum atomic E-state index is -0.481. The molecule has 0 radical (unpaired) electrons. The summed E-state index contributed by atoms with van der Waals surface area (Å²) < 4.78 is 11.4. The number of rotatable bonds is 8. The molecule has 0 bridgehead atoms. The average Bonchev–Trinajstić information content (AvgIpc) is 2.60. The molecule has 1 atom stereocenters. The Morgan fingerprint density at radius 2 is 2.16 bits per heavy atom. The second-order valence-electron chi connectivity index (χ2n) is 6.22. The molecule has 3 N–H and O–H groups in total. The van der Waals surface area contributed by atoms with Gasteiger partial charge in [0.1, 0.15) is 5.75 Å². The molecular weight excluding hydrogens is 360 g/mol. The molecular formula is C18H29ClN2O3S. The first-order valence-electron chi connectivity index (χ1n) is 8.46.